The van der Waals surface area contributed by atoms with E-state index in [1.165, 1.54) is 5.56 Å². The average Bonchev–Trinajstić information content (AvgIpc) is 3.17. The number of aromatic nitrogens is 2. The van der Waals surface area contributed by atoms with Crippen LogP contribution in [0, 0.1) is 0 Å². The fraction of sp³-hybridized carbons (Fsp3) is 0.318. The Morgan fingerprint density at radius 3 is 2.81 bits per heavy atom. The quantitative estimate of drug-likeness (QED) is 0.759. The van der Waals surface area contributed by atoms with Crippen LogP contribution in [-0.2, 0) is 13.0 Å². The van der Waals surface area contributed by atoms with Crippen molar-refractivity contribution in [3.8, 4) is 0 Å². The molecule has 0 spiro atoms. The van der Waals surface area contributed by atoms with E-state index in [1.807, 2.05) is 18.2 Å². The van der Waals surface area contributed by atoms with E-state index < -0.39 is 0 Å². The Bertz CT molecular complexity index is 1040. The van der Waals surface area contributed by atoms with E-state index in [9.17, 15) is 9.59 Å². The first-order valence-corrected chi connectivity index (χ1v) is 9.54. The molecule has 0 fully saturated rings. The molecule has 0 radical (unpaired) electrons. The molecule has 0 saturated carbocycles. The van der Waals surface area contributed by atoms with Crippen LogP contribution in [0.4, 0.5) is 0 Å². The molecule has 5 heteroatoms. The number of hydrogen-bond donors (Lipinski definition) is 1. The molecule has 0 unspecified atom stereocenters. The zero-order valence-corrected chi connectivity index (χ0v) is 15.4. The molecule has 1 amide bonds. The fourth-order valence-corrected chi connectivity index (χ4v) is 3.77. The number of fused-ring (bicyclic) bond motifs is 2. The highest BCUT2D eigenvalue weighted by atomic mass is 16.1. The zero-order chi connectivity index (χ0) is 18.8. The predicted octanol–water partition coefficient (Wildman–Crippen LogP) is 3.27. The van der Waals surface area contributed by atoms with Crippen molar-refractivity contribution in [3.63, 3.8) is 0 Å². The van der Waals surface area contributed by atoms with E-state index in [0.717, 1.165) is 31.6 Å². The Hall–Kier alpha value is -2.95. The lowest BCUT2D eigenvalue weighted by molar-refractivity contribution is 0.0951. The van der Waals surface area contributed by atoms with E-state index in [0.29, 0.717) is 23.0 Å². The topological polar surface area (TPSA) is 64.0 Å². The molecular formula is C22H23N3O2. The number of hydrogen-bond acceptors (Lipinski definition) is 3. The van der Waals surface area contributed by atoms with Crippen LogP contribution in [-0.4, -0.2) is 22.0 Å². The maximum Gasteiger partial charge on any atom is 0.261 e. The van der Waals surface area contributed by atoms with Gasteiger partial charge in [0.05, 0.1) is 10.9 Å². The van der Waals surface area contributed by atoms with Gasteiger partial charge in [0.1, 0.15) is 5.82 Å². The third-order valence-electron chi connectivity index (χ3n) is 5.35. The molecule has 27 heavy (non-hydrogen) atoms. The van der Waals surface area contributed by atoms with Crippen molar-refractivity contribution in [1.82, 2.24) is 14.9 Å². The van der Waals surface area contributed by atoms with Crippen molar-refractivity contribution < 1.29 is 4.79 Å². The highest BCUT2D eigenvalue weighted by molar-refractivity contribution is 5.97. The fourth-order valence-electron chi connectivity index (χ4n) is 3.77. The SMILES string of the molecule is CC[C@@H](CNC(=O)c1ccc2c(=O)n3c(nc2c1)CCC3)c1ccccc1. The summed E-state index contributed by atoms with van der Waals surface area (Å²) in [5.74, 6) is 0.968. The van der Waals surface area contributed by atoms with Crippen LogP contribution in [0.5, 0.6) is 0 Å². The largest absolute Gasteiger partial charge is 0.351 e. The molecule has 1 atom stereocenters. The standard InChI is InChI=1S/C22H23N3O2/c1-2-15(16-7-4-3-5-8-16)14-23-21(26)17-10-11-18-19(13-17)24-20-9-6-12-25(20)22(18)27/h3-5,7-8,10-11,13,15H,2,6,9,12,14H2,1H3,(H,23,26)/t15-/m0/s1. The summed E-state index contributed by atoms with van der Waals surface area (Å²) in [6.45, 7) is 3.44. The van der Waals surface area contributed by atoms with E-state index in [1.54, 1.807) is 22.8 Å². The number of nitrogens with zero attached hydrogens (tertiary/aromatic N) is 2. The maximum absolute atomic E-state index is 12.6. The minimum Gasteiger partial charge on any atom is -0.351 e. The zero-order valence-electron chi connectivity index (χ0n) is 15.4. The number of aryl methyl sites for hydroxylation is 1. The number of carbonyl (C=O) groups is 1. The van der Waals surface area contributed by atoms with Gasteiger partial charge in [0.15, 0.2) is 0 Å². The predicted molar refractivity (Wildman–Crippen MR) is 106 cm³/mol. The Kier molecular flexibility index (Phi) is 4.75. The summed E-state index contributed by atoms with van der Waals surface area (Å²) in [6.07, 6.45) is 2.72. The van der Waals surface area contributed by atoms with Crippen molar-refractivity contribution in [2.45, 2.75) is 38.6 Å². The van der Waals surface area contributed by atoms with Gasteiger partial charge in [-0.25, -0.2) is 4.98 Å². The highest BCUT2D eigenvalue weighted by Crippen LogP contribution is 2.19. The van der Waals surface area contributed by atoms with Gasteiger partial charge in [0.2, 0.25) is 0 Å². The van der Waals surface area contributed by atoms with Crippen LogP contribution >= 0.6 is 0 Å². The van der Waals surface area contributed by atoms with Gasteiger partial charge in [-0.15, -0.1) is 0 Å². The van der Waals surface area contributed by atoms with Crippen molar-refractivity contribution in [3.05, 3.63) is 75.8 Å². The van der Waals surface area contributed by atoms with Crippen molar-refractivity contribution in [2.24, 2.45) is 0 Å². The number of carbonyl (C=O) groups excluding carboxylic acids is 1. The lowest BCUT2D eigenvalue weighted by Gasteiger charge is -2.16. The Morgan fingerprint density at radius 2 is 2.04 bits per heavy atom. The Labute approximate surface area is 158 Å². The third-order valence-corrected chi connectivity index (χ3v) is 5.35. The summed E-state index contributed by atoms with van der Waals surface area (Å²) in [7, 11) is 0. The molecule has 1 aliphatic heterocycles. The summed E-state index contributed by atoms with van der Waals surface area (Å²) in [5.41, 5.74) is 2.37. The summed E-state index contributed by atoms with van der Waals surface area (Å²) >= 11 is 0. The lowest BCUT2D eigenvalue weighted by Crippen LogP contribution is -2.28. The first-order valence-electron chi connectivity index (χ1n) is 9.54. The second-order valence-electron chi connectivity index (χ2n) is 7.05. The minimum atomic E-state index is -0.131. The van der Waals surface area contributed by atoms with Gasteiger partial charge in [0.25, 0.3) is 11.5 Å². The second kappa shape index (κ2) is 7.35. The molecule has 2 heterocycles. The van der Waals surface area contributed by atoms with Crippen LogP contribution in [0.2, 0.25) is 0 Å². The minimum absolute atomic E-state index is 0.00502. The van der Waals surface area contributed by atoms with Crippen LogP contribution in [0.15, 0.2) is 53.3 Å². The molecule has 1 aromatic heterocycles. The van der Waals surface area contributed by atoms with Gasteiger partial charge >= 0.3 is 0 Å². The van der Waals surface area contributed by atoms with Gasteiger partial charge < -0.3 is 5.32 Å². The highest BCUT2D eigenvalue weighted by Gasteiger charge is 2.17. The van der Waals surface area contributed by atoms with Crippen molar-refractivity contribution >= 4 is 16.8 Å². The van der Waals surface area contributed by atoms with E-state index in [4.69, 9.17) is 0 Å². The first kappa shape index (κ1) is 17.5. The Morgan fingerprint density at radius 1 is 1.22 bits per heavy atom. The molecule has 3 aromatic rings. The molecule has 5 nitrogen and oxygen atoms in total. The van der Waals surface area contributed by atoms with Crippen LogP contribution < -0.4 is 10.9 Å². The maximum atomic E-state index is 12.6. The summed E-state index contributed by atoms with van der Waals surface area (Å²) in [4.78, 5) is 29.8. The summed E-state index contributed by atoms with van der Waals surface area (Å²) in [6, 6.07) is 15.4. The van der Waals surface area contributed by atoms with Crippen molar-refractivity contribution in [2.75, 3.05) is 6.54 Å². The number of amides is 1. The van der Waals surface area contributed by atoms with E-state index in [2.05, 4.69) is 29.4 Å². The van der Waals surface area contributed by atoms with Gasteiger partial charge in [-0.2, -0.15) is 0 Å². The molecule has 0 bridgehead atoms. The van der Waals surface area contributed by atoms with Crippen LogP contribution in [0.1, 0.15) is 47.4 Å². The molecule has 4 rings (SSSR count). The average molecular weight is 361 g/mol. The number of rotatable bonds is 5. The van der Waals surface area contributed by atoms with E-state index in [-0.39, 0.29) is 17.4 Å². The molecule has 1 N–H and O–H groups in total. The van der Waals surface area contributed by atoms with Gasteiger partial charge in [0, 0.05) is 31.0 Å². The number of nitrogens with one attached hydrogen (secondary N) is 1. The normalized spacial score (nSPS) is 14.1. The lowest BCUT2D eigenvalue weighted by atomic mass is 9.96. The number of benzene rings is 2. The van der Waals surface area contributed by atoms with Crippen LogP contribution in [0.25, 0.3) is 10.9 Å². The molecule has 1 aliphatic rings. The molecule has 0 aliphatic carbocycles. The van der Waals surface area contributed by atoms with Gasteiger partial charge in [-0.3, -0.25) is 14.2 Å². The van der Waals surface area contributed by atoms with Gasteiger partial charge in [-0.05, 0) is 36.6 Å². The van der Waals surface area contributed by atoms with Gasteiger partial charge in [-0.1, -0.05) is 37.3 Å². The Balaban J connectivity index is 1.54. The molecule has 138 valence electrons. The van der Waals surface area contributed by atoms with E-state index >= 15 is 0 Å². The molecular weight excluding hydrogens is 338 g/mol. The summed E-state index contributed by atoms with van der Waals surface area (Å²) in [5, 5.41) is 3.61. The second-order valence-corrected chi connectivity index (χ2v) is 7.05. The van der Waals surface area contributed by atoms with Crippen LogP contribution in [0.3, 0.4) is 0 Å². The molecule has 2 aromatic carbocycles. The molecule has 0 saturated heterocycles. The smallest absolute Gasteiger partial charge is 0.261 e. The third kappa shape index (κ3) is 3.37. The first-order chi connectivity index (χ1) is 13.2. The monoisotopic (exact) mass is 361 g/mol. The van der Waals surface area contributed by atoms with Crippen molar-refractivity contribution in [1.29, 1.82) is 0 Å². The summed E-state index contributed by atoms with van der Waals surface area (Å²) < 4.78 is 1.74.